The maximum absolute atomic E-state index is 12.0. The highest BCUT2D eigenvalue weighted by Crippen LogP contribution is 2.36. The van der Waals surface area contributed by atoms with Crippen LogP contribution in [0.2, 0.25) is 5.02 Å². The highest BCUT2D eigenvalue weighted by atomic mass is 35.5. The summed E-state index contributed by atoms with van der Waals surface area (Å²) in [6.45, 7) is 4.66. The van der Waals surface area contributed by atoms with Gasteiger partial charge in [0.05, 0.1) is 10.6 Å². The van der Waals surface area contributed by atoms with Crippen LogP contribution in [0, 0.1) is 0 Å². The lowest BCUT2D eigenvalue weighted by molar-refractivity contribution is 0.218. The first kappa shape index (κ1) is 17.3. The normalized spacial score (nSPS) is 15.9. The SMILES string of the molecule is CCCCc1cc(=O)oc2c(CN3CCCCC3)c(O)c(Cl)cc12. The molecule has 0 amide bonds. The Morgan fingerprint density at radius 1 is 1.25 bits per heavy atom. The fraction of sp³-hybridized carbons (Fsp3) is 0.526. The molecule has 0 atom stereocenters. The van der Waals surface area contributed by atoms with Crippen molar-refractivity contribution < 1.29 is 9.52 Å². The van der Waals surface area contributed by atoms with E-state index in [9.17, 15) is 9.90 Å². The summed E-state index contributed by atoms with van der Waals surface area (Å²) in [6.07, 6.45) is 6.42. The van der Waals surface area contributed by atoms with Gasteiger partial charge in [-0.25, -0.2) is 4.79 Å². The number of unbranched alkanes of at least 4 members (excludes halogenated alkanes) is 1. The van der Waals surface area contributed by atoms with E-state index < -0.39 is 0 Å². The summed E-state index contributed by atoms with van der Waals surface area (Å²) >= 11 is 6.27. The quantitative estimate of drug-likeness (QED) is 0.808. The molecular weight excluding hydrogens is 326 g/mol. The van der Waals surface area contributed by atoms with E-state index in [2.05, 4.69) is 11.8 Å². The van der Waals surface area contributed by atoms with Gasteiger partial charge in [0.25, 0.3) is 0 Å². The first-order valence-electron chi connectivity index (χ1n) is 8.79. The van der Waals surface area contributed by atoms with E-state index in [-0.39, 0.29) is 11.4 Å². The molecule has 4 nitrogen and oxygen atoms in total. The Morgan fingerprint density at radius 2 is 2.00 bits per heavy atom. The van der Waals surface area contributed by atoms with Crippen LogP contribution in [0.3, 0.4) is 0 Å². The number of rotatable bonds is 5. The lowest BCUT2D eigenvalue weighted by Crippen LogP contribution is -2.29. The van der Waals surface area contributed by atoms with E-state index >= 15 is 0 Å². The summed E-state index contributed by atoms with van der Waals surface area (Å²) in [7, 11) is 0. The largest absolute Gasteiger partial charge is 0.506 e. The molecule has 0 bridgehead atoms. The van der Waals surface area contributed by atoms with E-state index in [0.29, 0.717) is 22.7 Å². The molecule has 1 fully saturated rings. The van der Waals surface area contributed by atoms with Crippen LogP contribution in [-0.4, -0.2) is 23.1 Å². The van der Waals surface area contributed by atoms with Crippen LogP contribution in [0.5, 0.6) is 5.75 Å². The molecule has 1 N–H and O–H groups in total. The molecule has 5 heteroatoms. The monoisotopic (exact) mass is 349 g/mol. The Morgan fingerprint density at radius 3 is 2.71 bits per heavy atom. The van der Waals surface area contributed by atoms with Crippen molar-refractivity contribution in [3.63, 3.8) is 0 Å². The summed E-state index contributed by atoms with van der Waals surface area (Å²) in [5.74, 6) is 0.0329. The van der Waals surface area contributed by atoms with Crippen LogP contribution in [0.1, 0.15) is 50.2 Å². The number of aromatic hydroxyl groups is 1. The minimum atomic E-state index is -0.366. The predicted octanol–water partition coefficient (Wildman–Crippen LogP) is 4.48. The van der Waals surface area contributed by atoms with Gasteiger partial charge in [-0.2, -0.15) is 0 Å². The molecule has 1 aliphatic heterocycles. The van der Waals surface area contributed by atoms with Crippen LogP contribution < -0.4 is 5.63 Å². The smallest absolute Gasteiger partial charge is 0.336 e. The zero-order valence-corrected chi connectivity index (χ0v) is 14.9. The number of nitrogens with zero attached hydrogens (tertiary/aromatic N) is 1. The van der Waals surface area contributed by atoms with Gasteiger partial charge in [-0.1, -0.05) is 31.4 Å². The molecule has 0 spiro atoms. The number of hydrogen-bond donors (Lipinski definition) is 1. The standard InChI is InChI=1S/C19H24ClNO3/c1-2-3-7-13-10-17(22)24-19-14(13)11-16(20)18(23)15(19)12-21-8-5-4-6-9-21/h10-11,23H,2-9,12H2,1H3. The number of phenolic OH excluding ortho intramolecular Hbond substituents is 1. The van der Waals surface area contributed by atoms with Gasteiger partial charge < -0.3 is 9.52 Å². The molecular formula is C19H24ClNO3. The Bertz CT molecular complexity index is 778. The highest BCUT2D eigenvalue weighted by Gasteiger charge is 2.20. The summed E-state index contributed by atoms with van der Waals surface area (Å²) in [6, 6.07) is 3.27. The first-order valence-corrected chi connectivity index (χ1v) is 9.17. The van der Waals surface area contributed by atoms with Crippen molar-refractivity contribution in [3.8, 4) is 5.75 Å². The van der Waals surface area contributed by atoms with Crippen molar-refractivity contribution in [1.29, 1.82) is 0 Å². The molecule has 130 valence electrons. The second-order valence-electron chi connectivity index (χ2n) is 6.59. The molecule has 0 radical (unpaired) electrons. The highest BCUT2D eigenvalue weighted by molar-refractivity contribution is 6.33. The summed E-state index contributed by atoms with van der Waals surface area (Å²) < 4.78 is 5.49. The second kappa shape index (κ2) is 7.58. The summed E-state index contributed by atoms with van der Waals surface area (Å²) in [5, 5.41) is 11.6. The maximum atomic E-state index is 12.0. The molecule has 0 saturated carbocycles. The number of likely N-dealkylation sites (tertiary alicyclic amines) is 1. The first-order chi connectivity index (χ1) is 11.6. The number of phenols is 1. The van der Waals surface area contributed by atoms with Crippen molar-refractivity contribution in [3.05, 3.63) is 38.7 Å². The lowest BCUT2D eigenvalue weighted by Gasteiger charge is -2.27. The van der Waals surface area contributed by atoms with Gasteiger partial charge in [-0.05, 0) is 50.4 Å². The van der Waals surface area contributed by atoms with Crippen molar-refractivity contribution in [1.82, 2.24) is 4.90 Å². The van der Waals surface area contributed by atoms with Crippen molar-refractivity contribution in [2.45, 2.75) is 52.0 Å². The van der Waals surface area contributed by atoms with Gasteiger partial charge in [-0.15, -0.1) is 0 Å². The number of aryl methyl sites for hydroxylation is 1. The fourth-order valence-electron chi connectivity index (χ4n) is 3.44. The lowest BCUT2D eigenvalue weighted by atomic mass is 10.0. The Hall–Kier alpha value is -1.52. The number of benzene rings is 1. The van der Waals surface area contributed by atoms with Crippen LogP contribution in [0.15, 0.2) is 21.3 Å². The minimum Gasteiger partial charge on any atom is -0.506 e. The van der Waals surface area contributed by atoms with Gasteiger partial charge in [-0.3, -0.25) is 4.90 Å². The van der Waals surface area contributed by atoms with E-state index in [1.54, 1.807) is 12.1 Å². The van der Waals surface area contributed by atoms with Crippen LogP contribution in [0.4, 0.5) is 0 Å². The molecule has 3 rings (SSSR count). The molecule has 2 aromatic rings. The third kappa shape index (κ3) is 3.60. The Labute approximate surface area is 147 Å². The second-order valence-corrected chi connectivity index (χ2v) is 7.00. The van der Waals surface area contributed by atoms with Crippen LogP contribution in [-0.2, 0) is 13.0 Å². The fourth-order valence-corrected chi connectivity index (χ4v) is 3.67. The average Bonchev–Trinajstić information content (AvgIpc) is 2.58. The molecule has 24 heavy (non-hydrogen) atoms. The zero-order valence-electron chi connectivity index (χ0n) is 14.1. The van der Waals surface area contributed by atoms with Gasteiger partial charge in [0.2, 0.25) is 0 Å². The Balaban J connectivity index is 2.10. The molecule has 1 aromatic carbocycles. The number of piperidine rings is 1. The van der Waals surface area contributed by atoms with E-state index in [1.807, 2.05) is 0 Å². The van der Waals surface area contributed by atoms with Crippen molar-refractivity contribution in [2.24, 2.45) is 0 Å². The molecule has 2 heterocycles. The van der Waals surface area contributed by atoms with Gasteiger partial charge >= 0.3 is 5.63 Å². The third-order valence-corrected chi connectivity index (χ3v) is 5.06. The van der Waals surface area contributed by atoms with Crippen LogP contribution in [0.25, 0.3) is 11.0 Å². The summed E-state index contributed by atoms with van der Waals surface area (Å²) in [4.78, 5) is 14.3. The van der Waals surface area contributed by atoms with Crippen molar-refractivity contribution in [2.75, 3.05) is 13.1 Å². The number of fused-ring (bicyclic) bond motifs is 1. The van der Waals surface area contributed by atoms with E-state index in [0.717, 1.165) is 56.1 Å². The van der Waals surface area contributed by atoms with Crippen LogP contribution >= 0.6 is 11.6 Å². The van der Waals surface area contributed by atoms with Gasteiger partial charge in [0.1, 0.15) is 11.3 Å². The van der Waals surface area contributed by atoms with Crippen molar-refractivity contribution >= 4 is 22.6 Å². The number of hydrogen-bond acceptors (Lipinski definition) is 4. The van der Waals surface area contributed by atoms with Gasteiger partial charge in [0, 0.05) is 18.0 Å². The molecule has 0 unspecified atom stereocenters. The number of halogens is 1. The third-order valence-electron chi connectivity index (χ3n) is 4.77. The topological polar surface area (TPSA) is 53.7 Å². The van der Waals surface area contributed by atoms with E-state index in [4.69, 9.17) is 16.0 Å². The summed E-state index contributed by atoms with van der Waals surface area (Å²) in [5.41, 5.74) is 1.70. The molecule has 1 saturated heterocycles. The zero-order chi connectivity index (χ0) is 17.1. The van der Waals surface area contributed by atoms with E-state index in [1.165, 1.54) is 6.42 Å². The average molecular weight is 350 g/mol. The maximum Gasteiger partial charge on any atom is 0.336 e. The predicted molar refractivity (Wildman–Crippen MR) is 96.9 cm³/mol. The Kier molecular flexibility index (Phi) is 5.47. The minimum absolute atomic E-state index is 0.0329. The molecule has 1 aliphatic rings. The molecule has 0 aliphatic carbocycles. The van der Waals surface area contributed by atoms with Gasteiger partial charge in [0.15, 0.2) is 0 Å². The molecule has 1 aromatic heterocycles.